The SMILES string of the molecule is O=C(CN1CCCCC1)N1CCc2sccc2C1c1ccccc1. The third kappa shape index (κ3) is 3.13. The highest BCUT2D eigenvalue weighted by Crippen LogP contribution is 2.37. The van der Waals surface area contributed by atoms with Crippen LogP contribution in [0.15, 0.2) is 41.8 Å². The van der Waals surface area contributed by atoms with Gasteiger partial charge in [0.1, 0.15) is 0 Å². The smallest absolute Gasteiger partial charge is 0.237 e. The molecule has 1 fully saturated rings. The fourth-order valence-corrected chi connectivity index (χ4v) is 4.88. The van der Waals surface area contributed by atoms with Crippen molar-refractivity contribution < 1.29 is 4.79 Å². The van der Waals surface area contributed by atoms with Gasteiger partial charge in [-0.3, -0.25) is 9.69 Å². The number of carbonyl (C=O) groups is 1. The maximum absolute atomic E-state index is 13.1. The van der Waals surface area contributed by atoms with Gasteiger partial charge < -0.3 is 4.90 Å². The molecule has 126 valence electrons. The van der Waals surface area contributed by atoms with Crippen LogP contribution in [0.4, 0.5) is 0 Å². The molecule has 0 N–H and O–H groups in total. The molecule has 2 aliphatic rings. The first-order valence-electron chi connectivity index (χ1n) is 8.96. The second kappa shape index (κ2) is 7.08. The van der Waals surface area contributed by atoms with Crippen molar-refractivity contribution in [1.82, 2.24) is 9.80 Å². The van der Waals surface area contributed by atoms with Crippen molar-refractivity contribution in [1.29, 1.82) is 0 Å². The summed E-state index contributed by atoms with van der Waals surface area (Å²) < 4.78 is 0. The first-order valence-corrected chi connectivity index (χ1v) is 9.84. The number of piperidine rings is 1. The Kier molecular flexibility index (Phi) is 4.67. The molecule has 1 atom stereocenters. The molecular weight excluding hydrogens is 316 g/mol. The highest BCUT2D eigenvalue weighted by molar-refractivity contribution is 7.10. The molecule has 1 unspecified atom stereocenters. The maximum atomic E-state index is 13.1. The minimum Gasteiger partial charge on any atom is -0.330 e. The van der Waals surface area contributed by atoms with E-state index >= 15 is 0 Å². The van der Waals surface area contributed by atoms with Crippen LogP contribution in [-0.4, -0.2) is 41.9 Å². The van der Waals surface area contributed by atoms with E-state index < -0.39 is 0 Å². The first-order chi connectivity index (χ1) is 11.8. The Balaban J connectivity index is 1.60. The highest BCUT2D eigenvalue weighted by Gasteiger charge is 2.33. The number of thiophene rings is 1. The van der Waals surface area contributed by atoms with Crippen molar-refractivity contribution in [2.45, 2.75) is 31.7 Å². The second-order valence-electron chi connectivity index (χ2n) is 6.79. The predicted molar refractivity (Wildman–Crippen MR) is 98.3 cm³/mol. The number of carbonyl (C=O) groups excluding carboxylic acids is 1. The van der Waals surface area contributed by atoms with Gasteiger partial charge in [-0.2, -0.15) is 0 Å². The number of fused-ring (bicyclic) bond motifs is 1. The van der Waals surface area contributed by atoms with Crippen LogP contribution >= 0.6 is 11.3 Å². The summed E-state index contributed by atoms with van der Waals surface area (Å²) in [6, 6.07) is 12.8. The second-order valence-corrected chi connectivity index (χ2v) is 7.79. The van der Waals surface area contributed by atoms with Crippen molar-refractivity contribution in [3.05, 3.63) is 57.8 Å². The Morgan fingerprint density at radius 2 is 1.83 bits per heavy atom. The maximum Gasteiger partial charge on any atom is 0.237 e. The van der Waals surface area contributed by atoms with Crippen LogP contribution in [0, 0.1) is 0 Å². The Bertz CT molecular complexity index is 691. The van der Waals surface area contributed by atoms with Crippen LogP contribution in [0.1, 0.15) is 41.3 Å². The van der Waals surface area contributed by atoms with Gasteiger partial charge in [0, 0.05) is 11.4 Å². The molecular formula is C20H24N2OS. The fraction of sp³-hybridized carbons (Fsp3) is 0.450. The number of likely N-dealkylation sites (tertiary alicyclic amines) is 1. The number of rotatable bonds is 3. The molecule has 0 radical (unpaired) electrons. The normalized spacial score (nSPS) is 21.5. The van der Waals surface area contributed by atoms with E-state index in [0.29, 0.717) is 6.54 Å². The number of hydrogen-bond acceptors (Lipinski definition) is 3. The topological polar surface area (TPSA) is 23.6 Å². The lowest BCUT2D eigenvalue weighted by atomic mass is 9.93. The van der Waals surface area contributed by atoms with Gasteiger partial charge in [-0.25, -0.2) is 0 Å². The van der Waals surface area contributed by atoms with Crippen LogP contribution in [0.5, 0.6) is 0 Å². The van der Waals surface area contributed by atoms with Crippen LogP contribution in [0.2, 0.25) is 0 Å². The van der Waals surface area contributed by atoms with Gasteiger partial charge in [-0.05, 0) is 54.9 Å². The molecule has 2 aromatic rings. The summed E-state index contributed by atoms with van der Waals surface area (Å²) in [7, 11) is 0. The molecule has 4 heteroatoms. The fourth-order valence-electron chi connectivity index (χ4n) is 3.98. The van der Waals surface area contributed by atoms with Crippen molar-refractivity contribution in [2.24, 2.45) is 0 Å². The van der Waals surface area contributed by atoms with Crippen molar-refractivity contribution in [2.75, 3.05) is 26.2 Å². The van der Waals surface area contributed by atoms with E-state index in [1.54, 1.807) is 0 Å². The molecule has 24 heavy (non-hydrogen) atoms. The lowest BCUT2D eigenvalue weighted by Crippen LogP contribution is -2.46. The lowest BCUT2D eigenvalue weighted by molar-refractivity contribution is -0.134. The van der Waals surface area contributed by atoms with Crippen molar-refractivity contribution in [3.63, 3.8) is 0 Å². The third-order valence-corrected chi connectivity index (χ3v) is 6.21. The molecule has 1 aromatic carbocycles. The summed E-state index contributed by atoms with van der Waals surface area (Å²) in [4.78, 5) is 18.9. The molecule has 3 nitrogen and oxygen atoms in total. The molecule has 3 heterocycles. The number of hydrogen-bond donors (Lipinski definition) is 0. The van der Waals surface area contributed by atoms with E-state index in [1.165, 1.54) is 35.3 Å². The molecule has 0 aliphatic carbocycles. The average Bonchev–Trinajstić information content (AvgIpc) is 3.11. The van der Waals surface area contributed by atoms with Gasteiger partial charge in [0.2, 0.25) is 5.91 Å². The van der Waals surface area contributed by atoms with E-state index in [0.717, 1.165) is 26.1 Å². The Morgan fingerprint density at radius 3 is 2.62 bits per heavy atom. The lowest BCUT2D eigenvalue weighted by Gasteiger charge is -2.38. The van der Waals surface area contributed by atoms with Gasteiger partial charge in [0.05, 0.1) is 12.6 Å². The van der Waals surface area contributed by atoms with Gasteiger partial charge >= 0.3 is 0 Å². The molecule has 4 rings (SSSR count). The summed E-state index contributed by atoms with van der Waals surface area (Å²) in [5.74, 6) is 0.280. The van der Waals surface area contributed by atoms with Gasteiger partial charge in [0.25, 0.3) is 0 Å². The molecule has 2 aliphatic heterocycles. The molecule has 0 spiro atoms. The Hall–Kier alpha value is -1.65. The Morgan fingerprint density at radius 1 is 1.04 bits per heavy atom. The number of amides is 1. The van der Waals surface area contributed by atoms with Crippen LogP contribution in [0.25, 0.3) is 0 Å². The first kappa shape index (κ1) is 15.9. The van der Waals surface area contributed by atoms with Gasteiger partial charge in [0.15, 0.2) is 0 Å². The van der Waals surface area contributed by atoms with Gasteiger partial charge in [-0.15, -0.1) is 11.3 Å². The van der Waals surface area contributed by atoms with Crippen LogP contribution < -0.4 is 0 Å². The monoisotopic (exact) mass is 340 g/mol. The van der Waals surface area contributed by atoms with Gasteiger partial charge in [-0.1, -0.05) is 36.8 Å². The van der Waals surface area contributed by atoms with Crippen molar-refractivity contribution in [3.8, 4) is 0 Å². The molecule has 0 bridgehead atoms. The third-order valence-electron chi connectivity index (χ3n) is 5.21. The molecule has 1 aromatic heterocycles. The predicted octanol–water partition coefficient (Wildman–Crippen LogP) is 3.71. The zero-order chi connectivity index (χ0) is 16.4. The largest absolute Gasteiger partial charge is 0.330 e. The van der Waals surface area contributed by atoms with E-state index in [2.05, 4.69) is 45.5 Å². The number of nitrogens with zero attached hydrogens (tertiary/aromatic N) is 2. The summed E-state index contributed by atoms with van der Waals surface area (Å²) in [6.45, 7) is 3.54. The van der Waals surface area contributed by atoms with Crippen molar-refractivity contribution >= 4 is 17.2 Å². The van der Waals surface area contributed by atoms with E-state index in [9.17, 15) is 4.79 Å². The molecule has 0 saturated carbocycles. The van der Waals surface area contributed by atoms with Crippen LogP contribution in [0.3, 0.4) is 0 Å². The molecule has 1 saturated heterocycles. The number of benzene rings is 1. The van der Waals surface area contributed by atoms with E-state index in [-0.39, 0.29) is 11.9 Å². The zero-order valence-corrected chi connectivity index (χ0v) is 14.8. The minimum atomic E-state index is 0.0819. The molecule has 1 amide bonds. The summed E-state index contributed by atoms with van der Waals surface area (Å²) >= 11 is 1.82. The quantitative estimate of drug-likeness (QED) is 0.850. The minimum absolute atomic E-state index is 0.0819. The summed E-state index contributed by atoms with van der Waals surface area (Å²) in [5.41, 5.74) is 2.55. The summed E-state index contributed by atoms with van der Waals surface area (Å²) in [6.07, 6.45) is 4.75. The van der Waals surface area contributed by atoms with E-state index in [4.69, 9.17) is 0 Å². The highest BCUT2D eigenvalue weighted by atomic mass is 32.1. The Labute approximate surface area is 147 Å². The van der Waals surface area contributed by atoms with Crippen LogP contribution in [-0.2, 0) is 11.2 Å². The summed E-state index contributed by atoms with van der Waals surface area (Å²) in [5, 5.41) is 2.17. The zero-order valence-electron chi connectivity index (χ0n) is 14.0. The standard InChI is InChI=1S/C20H24N2OS/c23-19(15-21-11-5-2-6-12-21)22-13-9-18-17(10-14-24-18)20(22)16-7-3-1-4-8-16/h1,3-4,7-8,10,14,20H,2,5-6,9,11-13,15H2. The van der Waals surface area contributed by atoms with E-state index in [1.807, 2.05) is 17.4 Å². The average molecular weight is 340 g/mol.